The molecule has 8 atom stereocenters. The van der Waals surface area contributed by atoms with Gasteiger partial charge in [0.15, 0.2) is 0 Å². The van der Waals surface area contributed by atoms with Gasteiger partial charge in [-0.1, -0.05) is 24.3 Å². The van der Waals surface area contributed by atoms with Crippen LogP contribution in [0.5, 0.6) is 0 Å². The van der Waals surface area contributed by atoms with Gasteiger partial charge in [-0.05, 0) is 18.2 Å². The SMILES string of the molecule is c1cc2cc(c1)C[N+]13CCN4CC[N+]5(CCN(CC1)C5C43)Cc1cccc(n1)C[N+]13CCN4CC[N+]5(CCN(CC1)C3C45)C2. The minimum atomic E-state index is 0.615. The zero-order valence-corrected chi connectivity index (χ0v) is 26.5. The molecule has 1 aromatic heterocycles. The van der Waals surface area contributed by atoms with E-state index in [0.29, 0.717) is 24.7 Å². The van der Waals surface area contributed by atoms with E-state index in [1.807, 2.05) is 0 Å². The van der Waals surface area contributed by atoms with Gasteiger partial charge in [-0.3, -0.25) is 17.9 Å². The highest BCUT2D eigenvalue weighted by molar-refractivity contribution is 5.23. The molecule has 8 fully saturated rings. The molecule has 0 aliphatic carbocycles. The first-order valence-corrected chi connectivity index (χ1v) is 18.0. The van der Waals surface area contributed by atoms with E-state index in [1.54, 1.807) is 11.1 Å². The van der Waals surface area contributed by atoms with Crippen molar-refractivity contribution in [1.82, 2.24) is 24.6 Å². The molecular weight excluding hydrogens is 546 g/mol. The van der Waals surface area contributed by atoms with Gasteiger partial charge in [0.25, 0.3) is 0 Å². The average molecular weight is 598 g/mol. The zero-order valence-electron chi connectivity index (χ0n) is 26.5. The number of fused-ring (bicyclic) bond motifs is 4. The summed E-state index contributed by atoms with van der Waals surface area (Å²) in [6.07, 6.45) is 2.48. The fourth-order valence-electron chi connectivity index (χ4n) is 12.8. The Labute approximate surface area is 262 Å². The molecule has 0 spiro atoms. The summed E-state index contributed by atoms with van der Waals surface area (Å²) < 4.78 is 5.05. The van der Waals surface area contributed by atoms with E-state index >= 15 is 0 Å². The number of aromatic nitrogens is 1. The predicted octanol–water partition coefficient (Wildman–Crippen LogP) is 0.684. The third kappa shape index (κ3) is 3.40. The molecule has 9 aliphatic heterocycles. The number of hydrogen-bond acceptors (Lipinski definition) is 5. The van der Waals surface area contributed by atoms with Crippen LogP contribution in [0.3, 0.4) is 0 Å². The van der Waals surface area contributed by atoms with E-state index in [9.17, 15) is 0 Å². The van der Waals surface area contributed by atoms with E-state index in [4.69, 9.17) is 4.98 Å². The number of benzene rings is 1. The van der Waals surface area contributed by atoms with Crippen molar-refractivity contribution in [3.05, 3.63) is 65.0 Å². The first kappa shape index (κ1) is 26.2. The molecule has 2 aromatic rings. The van der Waals surface area contributed by atoms with Gasteiger partial charge in [-0.2, -0.15) is 0 Å². The molecule has 11 rings (SSSR count). The molecule has 0 saturated carbocycles. The Morgan fingerprint density at radius 2 is 0.750 bits per heavy atom. The largest absolute Gasteiger partial charge is 0.296 e. The summed E-state index contributed by atoms with van der Waals surface area (Å²) in [7, 11) is 0. The van der Waals surface area contributed by atoms with E-state index in [2.05, 4.69) is 62.1 Å². The zero-order chi connectivity index (χ0) is 28.7. The van der Waals surface area contributed by atoms with Gasteiger partial charge in [0.1, 0.15) is 26.2 Å². The first-order chi connectivity index (χ1) is 21.6. The minimum absolute atomic E-state index is 0.615. The van der Waals surface area contributed by atoms with Crippen LogP contribution in [0.25, 0.3) is 0 Å². The van der Waals surface area contributed by atoms with Gasteiger partial charge in [-0.25, -0.2) is 24.6 Å². The summed E-state index contributed by atoms with van der Waals surface area (Å²) in [5.74, 6) is 0. The number of rotatable bonds is 0. The van der Waals surface area contributed by atoms with E-state index in [1.165, 1.54) is 147 Å². The first-order valence-electron chi connectivity index (χ1n) is 18.0. The lowest BCUT2D eigenvalue weighted by Gasteiger charge is -2.57. The van der Waals surface area contributed by atoms with Crippen LogP contribution >= 0.6 is 0 Å². The highest BCUT2D eigenvalue weighted by Gasteiger charge is 2.69. The van der Waals surface area contributed by atoms with Crippen molar-refractivity contribution < 1.29 is 17.9 Å². The Kier molecular flexibility index (Phi) is 5.29. The van der Waals surface area contributed by atoms with Crippen LogP contribution in [0.15, 0.2) is 42.5 Å². The smallest absolute Gasteiger partial charge is 0.214 e. The Balaban J connectivity index is 1.07. The van der Waals surface area contributed by atoms with Crippen molar-refractivity contribution in [2.75, 3.05) is 105 Å². The summed E-state index contributed by atoms with van der Waals surface area (Å²) in [6, 6.07) is 17.2. The van der Waals surface area contributed by atoms with Crippen LogP contribution in [-0.2, 0) is 26.2 Å². The highest BCUT2D eigenvalue weighted by atomic mass is 15.7. The Morgan fingerprint density at radius 1 is 0.432 bits per heavy atom. The van der Waals surface area contributed by atoms with Crippen LogP contribution in [0.4, 0.5) is 0 Å². The standard InChI is InChI=1S/C35H51N9/c1-3-28-23-29(4-1)25-42-16-8-38-12-20-44(22-14-40(10-18-42)35(44)33(38)42)27-31-6-2-5-30(36-31)26-43-19-11-37-7-15-41(24-28)17-9-39(13-21-43)34(43)32(37)41/h1-6,23,32-35H,7-22,24-27H2/q+4. The normalized spacial score (nSPS) is 46.2. The second-order valence-electron chi connectivity index (χ2n) is 16.5. The molecule has 0 radical (unpaired) electrons. The lowest BCUT2D eigenvalue weighted by Crippen LogP contribution is -2.78. The van der Waals surface area contributed by atoms with Crippen LogP contribution in [0.1, 0.15) is 22.5 Å². The quantitative estimate of drug-likeness (QED) is 0.417. The molecule has 9 aliphatic rings. The number of hydrogen-bond donors (Lipinski definition) is 0. The Morgan fingerprint density at radius 3 is 1.11 bits per heavy atom. The lowest BCUT2D eigenvalue weighted by atomic mass is 10.0. The van der Waals surface area contributed by atoms with Crippen molar-refractivity contribution in [1.29, 1.82) is 0 Å². The molecule has 232 valence electrons. The molecule has 44 heavy (non-hydrogen) atoms. The molecule has 8 unspecified atom stereocenters. The Hall–Kier alpha value is -1.95. The summed E-state index contributed by atoms with van der Waals surface area (Å²) in [4.78, 5) is 17.2. The number of pyridine rings is 1. The van der Waals surface area contributed by atoms with Crippen molar-refractivity contribution >= 4 is 0 Å². The monoisotopic (exact) mass is 597 g/mol. The molecule has 10 heterocycles. The molecule has 0 amide bonds. The summed E-state index contributed by atoms with van der Waals surface area (Å²) in [6.45, 7) is 25.2. The van der Waals surface area contributed by atoms with Gasteiger partial charge >= 0.3 is 0 Å². The molecule has 9 heteroatoms. The van der Waals surface area contributed by atoms with Crippen LogP contribution < -0.4 is 0 Å². The van der Waals surface area contributed by atoms with Gasteiger partial charge in [0.2, 0.25) is 24.7 Å². The fraction of sp³-hybridized carbons (Fsp3) is 0.686. The number of quaternary nitrogens is 4. The number of piperazine rings is 4. The average Bonchev–Trinajstić information content (AvgIpc) is 3.78. The third-order valence-electron chi connectivity index (χ3n) is 14.7. The summed E-state index contributed by atoms with van der Waals surface area (Å²) in [5.41, 5.74) is 5.90. The van der Waals surface area contributed by atoms with Gasteiger partial charge in [0.05, 0.1) is 116 Å². The van der Waals surface area contributed by atoms with Crippen molar-refractivity contribution in [2.24, 2.45) is 0 Å². The maximum Gasteiger partial charge on any atom is 0.214 e. The molecule has 12 bridgehead atoms. The van der Waals surface area contributed by atoms with E-state index in [-0.39, 0.29) is 0 Å². The van der Waals surface area contributed by atoms with Crippen molar-refractivity contribution in [2.45, 2.75) is 50.8 Å². The van der Waals surface area contributed by atoms with Gasteiger partial charge in [-0.15, -0.1) is 0 Å². The van der Waals surface area contributed by atoms with Crippen LogP contribution in [0.2, 0.25) is 0 Å². The molecule has 1 aromatic carbocycles. The molecule has 0 N–H and O–H groups in total. The molecule has 9 nitrogen and oxygen atoms in total. The van der Waals surface area contributed by atoms with Gasteiger partial charge in [0, 0.05) is 11.1 Å². The van der Waals surface area contributed by atoms with E-state index in [0.717, 1.165) is 13.1 Å². The van der Waals surface area contributed by atoms with Crippen LogP contribution in [-0.4, -0.2) is 172 Å². The highest BCUT2D eigenvalue weighted by Crippen LogP contribution is 2.47. The minimum Gasteiger partial charge on any atom is -0.296 e. The third-order valence-corrected chi connectivity index (χ3v) is 14.7. The maximum atomic E-state index is 5.58. The second kappa shape index (κ2) is 8.89. The summed E-state index contributed by atoms with van der Waals surface area (Å²) in [5, 5.41) is 0. The van der Waals surface area contributed by atoms with Gasteiger partial charge < -0.3 is 0 Å². The Bertz CT molecular complexity index is 1300. The predicted molar refractivity (Wildman–Crippen MR) is 167 cm³/mol. The molecular formula is C35H51N9+4. The van der Waals surface area contributed by atoms with Crippen molar-refractivity contribution in [3.63, 3.8) is 0 Å². The van der Waals surface area contributed by atoms with Crippen LogP contribution in [0, 0.1) is 0 Å². The topological polar surface area (TPSA) is 25.9 Å². The van der Waals surface area contributed by atoms with E-state index < -0.39 is 0 Å². The number of nitrogens with zero attached hydrogens (tertiary/aromatic N) is 9. The summed E-state index contributed by atoms with van der Waals surface area (Å²) >= 11 is 0. The second-order valence-corrected chi connectivity index (χ2v) is 16.5. The lowest BCUT2D eigenvalue weighted by molar-refractivity contribution is -1.04. The fourth-order valence-corrected chi connectivity index (χ4v) is 12.8. The molecule has 8 saturated heterocycles. The maximum absolute atomic E-state index is 5.58. The van der Waals surface area contributed by atoms with Crippen molar-refractivity contribution in [3.8, 4) is 0 Å².